The molecule has 116 valence electrons. The van der Waals surface area contributed by atoms with Crippen LogP contribution in [0.25, 0.3) is 0 Å². The van der Waals surface area contributed by atoms with Crippen molar-refractivity contribution in [2.45, 2.75) is 57.3 Å². The molecule has 1 fully saturated rings. The molecule has 0 unspecified atom stereocenters. The molecule has 0 radical (unpaired) electrons. The Morgan fingerprint density at radius 2 is 1.90 bits per heavy atom. The van der Waals surface area contributed by atoms with Crippen LogP contribution in [0.3, 0.4) is 0 Å². The van der Waals surface area contributed by atoms with Gasteiger partial charge in [0.1, 0.15) is 5.75 Å². The summed E-state index contributed by atoms with van der Waals surface area (Å²) in [5.41, 5.74) is 1.15. The van der Waals surface area contributed by atoms with E-state index < -0.39 is 11.4 Å². The molecule has 0 saturated heterocycles. The first-order chi connectivity index (χ1) is 9.92. The molecule has 0 spiro atoms. The number of aliphatic carboxylic acids is 1. The number of hydrogen-bond acceptors (Lipinski definition) is 2. The Morgan fingerprint density at radius 3 is 2.38 bits per heavy atom. The molecule has 0 aromatic heterocycles. The maximum Gasteiger partial charge on any atom is 0.314 e. The molecule has 0 amide bonds. The van der Waals surface area contributed by atoms with Crippen LogP contribution in [0.4, 0.5) is 0 Å². The van der Waals surface area contributed by atoms with Gasteiger partial charge < -0.3 is 9.84 Å². The van der Waals surface area contributed by atoms with E-state index in [4.69, 9.17) is 4.74 Å². The van der Waals surface area contributed by atoms with Crippen LogP contribution in [-0.2, 0) is 10.2 Å². The molecule has 3 nitrogen and oxygen atoms in total. The zero-order valence-electron chi connectivity index (χ0n) is 12.9. The van der Waals surface area contributed by atoms with Crippen molar-refractivity contribution in [2.24, 2.45) is 0 Å². The highest BCUT2D eigenvalue weighted by molar-refractivity contribution is 9.10. The smallest absolute Gasteiger partial charge is 0.314 e. The number of ether oxygens (including phenoxy) is 1. The summed E-state index contributed by atoms with van der Waals surface area (Å²) in [6.07, 6.45) is 4.40. The van der Waals surface area contributed by atoms with Crippen molar-refractivity contribution in [3.05, 3.63) is 27.7 Å². The second-order valence-corrected chi connectivity index (χ2v) is 7.03. The number of halogens is 1. The molecule has 1 aromatic carbocycles. The third-order valence-corrected chi connectivity index (χ3v) is 5.26. The van der Waals surface area contributed by atoms with E-state index >= 15 is 0 Å². The van der Waals surface area contributed by atoms with Crippen molar-refractivity contribution >= 4 is 21.9 Å². The molecule has 0 aliphatic heterocycles. The predicted octanol–water partition coefficient (Wildman–Crippen LogP) is 4.87. The van der Waals surface area contributed by atoms with Gasteiger partial charge in [0.05, 0.1) is 12.5 Å². The third kappa shape index (κ3) is 2.96. The van der Waals surface area contributed by atoms with Crippen molar-refractivity contribution in [1.82, 2.24) is 0 Å². The van der Waals surface area contributed by atoms with Crippen LogP contribution in [0.2, 0.25) is 0 Å². The first-order valence-corrected chi connectivity index (χ1v) is 8.33. The standard InChI is InChI=1S/C17H23BrO3/c1-11(2)12-9-15(21-3)13(10-14(12)18)17(16(19)20)7-5-4-6-8-17/h9-11H,4-8H2,1-3H3,(H,19,20). The molecule has 1 aliphatic rings. The molecule has 0 atom stereocenters. The van der Waals surface area contributed by atoms with Crippen molar-refractivity contribution in [1.29, 1.82) is 0 Å². The Bertz CT molecular complexity index is 531. The van der Waals surface area contributed by atoms with Crippen molar-refractivity contribution < 1.29 is 14.6 Å². The van der Waals surface area contributed by atoms with Gasteiger partial charge in [-0.05, 0) is 36.5 Å². The minimum Gasteiger partial charge on any atom is -0.496 e. The van der Waals surface area contributed by atoms with Gasteiger partial charge in [0.25, 0.3) is 0 Å². The van der Waals surface area contributed by atoms with Crippen LogP contribution in [0.5, 0.6) is 5.75 Å². The first kappa shape index (κ1) is 16.3. The lowest BCUT2D eigenvalue weighted by molar-refractivity contribution is -0.145. The summed E-state index contributed by atoms with van der Waals surface area (Å²) in [5.74, 6) is 0.324. The van der Waals surface area contributed by atoms with Gasteiger partial charge in [-0.15, -0.1) is 0 Å². The van der Waals surface area contributed by atoms with Gasteiger partial charge in [0, 0.05) is 10.0 Å². The van der Waals surface area contributed by atoms with E-state index in [2.05, 4.69) is 29.8 Å². The van der Waals surface area contributed by atoms with Crippen molar-refractivity contribution in [2.75, 3.05) is 7.11 Å². The molecule has 1 aliphatic carbocycles. The van der Waals surface area contributed by atoms with Crippen LogP contribution in [0, 0.1) is 0 Å². The van der Waals surface area contributed by atoms with Gasteiger partial charge in [-0.1, -0.05) is 49.0 Å². The van der Waals surface area contributed by atoms with Crippen LogP contribution < -0.4 is 4.74 Å². The second-order valence-electron chi connectivity index (χ2n) is 6.18. The number of carboxylic acids is 1. The highest BCUT2D eigenvalue weighted by Gasteiger charge is 2.43. The highest BCUT2D eigenvalue weighted by Crippen LogP contribution is 2.46. The number of carbonyl (C=O) groups is 1. The predicted molar refractivity (Wildman–Crippen MR) is 87.2 cm³/mol. The lowest BCUT2D eigenvalue weighted by Gasteiger charge is -2.35. The number of carboxylic acid groups (broad SMARTS) is 1. The van der Waals surface area contributed by atoms with Gasteiger partial charge in [-0.3, -0.25) is 4.79 Å². The fourth-order valence-electron chi connectivity index (χ4n) is 3.31. The Balaban J connectivity index is 2.60. The quantitative estimate of drug-likeness (QED) is 0.838. The molecule has 1 saturated carbocycles. The van der Waals surface area contributed by atoms with Crippen LogP contribution in [0.1, 0.15) is 63.0 Å². The molecular formula is C17H23BrO3. The zero-order chi connectivity index (χ0) is 15.6. The van der Waals surface area contributed by atoms with Gasteiger partial charge in [-0.25, -0.2) is 0 Å². The lowest BCUT2D eigenvalue weighted by atomic mass is 9.69. The van der Waals surface area contributed by atoms with E-state index in [1.807, 2.05) is 12.1 Å². The summed E-state index contributed by atoms with van der Waals surface area (Å²) >= 11 is 3.60. The zero-order valence-corrected chi connectivity index (χ0v) is 14.5. The minimum atomic E-state index is -0.804. The van der Waals surface area contributed by atoms with Gasteiger partial charge in [-0.2, -0.15) is 0 Å². The molecule has 1 N–H and O–H groups in total. The summed E-state index contributed by atoms with van der Waals surface area (Å²) in [4.78, 5) is 12.0. The van der Waals surface area contributed by atoms with E-state index in [0.29, 0.717) is 24.5 Å². The van der Waals surface area contributed by atoms with E-state index in [1.165, 1.54) is 0 Å². The third-order valence-electron chi connectivity index (χ3n) is 4.57. The topological polar surface area (TPSA) is 46.5 Å². The average molecular weight is 355 g/mol. The molecule has 2 rings (SSSR count). The van der Waals surface area contributed by atoms with Gasteiger partial charge >= 0.3 is 5.97 Å². The maximum atomic E-state index is 12.0. The molecular weight excluding hydrogens is 332 g/mol. The van der Waals surface area contributed by atoms with Crippen molar-refractivity contribution in [3.8, 4) is 5.75 Å². The summed E-state index contributed by atoms with van der Waals surface area (Å²) < 4.78 is 6.51. The Labute approximate surface area is 134 Å². The summed E-state index contributed by atoms with van der Waals surface area (Å²) in [7, 11) is 1.62. The summed E-state index contributed by atoms with van der Waals surface area (Å²) in [6, 6.07) is 3.96. The van der Waals surface area contributed by atoms with Crippen molar-refractivity contribution in [3.63, 3.8) is 0 Å². The van der Waals surface area contributed by atoms with E-state index in [0.717, 1.165) is 34.9 Å². The van der Waals surface area contributed by atoms with E-state index in [-0.39, 0.29) is 0 Å². The summed E-state index contributed by atoms with van der Waals surface area (Å²) in [5, 5.41) is 9.86. The van der Waals surface area contributed by atoms with Gasteiger partial charge in [0.15, 0.2) is 0 Å². The fourth-order valence-corrected chi connectivity index (χ4v) is 4.11. The molecule has 4 heteroatoms. The number of rotatable bonds is 4. The first-order valence-electron chi connectivity index (χ1n) is 7.53. The molecule has 0 bridgehead atoms. The van der Waals surface area contributed by atoms with Crippen LogP contribution >= 0.6 is 15.9 Å². The Morgan fingerprint density at radius 1 is 1.29 bits per heavy atom. The SMILES string of the molecule is COc1cc(C(C)C)c(Br)cc1C1(C(=O)O)CCCCC1. The lowest BCUT2D eigenvalue weighted by Crippen LogP contribution is -2.38. The van der Waals surface area contributed by atoms with E-state index in [9.17, 15) is 9.90 Å². The summed E-state index contributed by atoms with van der Waals surface area (Å²) in [6.45, 7) is 4.24. The van der Waals surface area contributed by atoms with Crippen LogP contribution in [0.15, 0.2) is 16.6 Å². The van der Waals surface area contributed by atoms with Gasteiger partial charge in [0.2, 0.25) is 0 Å². The fraction of sp³-hybridized carbons (Fsp3) is 0.588. The second kappa shape index (κ2) is 6.39. The minimum absolute atomic E-state index is 0.356. The largest absolute Gasteiger partial charge is 0.496 e. The molecule has 0 heterocycles. The normalized spacial score (nSPS) is 17.8. The van der Waals surface area contributed by atoms with E-state index in [1.54, 1.807) is 7.11 Å². The monoisotopic (exact) mass is 354 g/mol. The average Bonchev–Trinajstić information content (AvgIpc) is 2.47. The number of hydrogen-bond donors (Lipinski definition) is 1. The number of benzene rings is 1. The molecule has 21 heavy (non-hydrogen) atoms. The highest BCUT2D eigenvalue weighted by atomic mass is 79.9. The molecule has 1 aromatic rings. The van der Waals surface area contributed by atoms with Crippen LogP contribution in [-0.4, -0.2) is 18.2 Å². The maximum absolute atomic E-state index is 12.0. The number of methoxy groups -OCH3 is 1. The Hall–Kier alpha value is -1.03. The Kier molecular flexibility index (Phi) is 4.97.